The first-order valence-corrected chi connectivity index (χ1v) is 5.61. The number of hydrogen-bond donors (Lipinski definition) is 1. The fraction of sp³-hybridized carbons (Fsp3) is 0.364. The van der Waals surface area contributed by atoms with E-state index in [1.807, 2.05) is 13.0 Å². The van der Waals surface area contributed by atoms with Gasteiger partial charge in [-0.2, -0.15) is 0 Å². The highest BCUT2D eigenvalue weighted by molar-refractivity contribution is 7.99. The highest BCUT2D eigenvalue weighted by Gasteiger charge is 2.11. The van der Waals surface area contributed by atoms with Crippen molar-refractivity contribution in [3.8, 4) is 0 Å². The molecule has 0 amide bonds. The van der Waals surface area contributed by atoms with E-state index in [-0.39, 0.29) is 0 Å². The minimum Gasteiger partial charge on any atom is -0.478 e. The van der Waals surface area contributed by atoms with Crippen LogP contribution < -0.4 is 0 Å². The van der Waals surface area contributed by atoms with E-state index in [1.165, 1.54) is 0 Å². The molecule has 0 radical (unpaired) electrons. The van der Waals surface area contributed by atoms with Gasteiger partial charge in [0.1, 0.15) is 0 Å². The fourth-order valence-corrected chi connectivity index (χ4v) is 2.23. The quantitative estimate of drug-likeness (QED) is 0.775. The summed E-state index contributed by atoms with van der Waals surface area (Å²) in [5.41, 5.74) is 1.46. The smallest absolute Gasteiger partial charge is 0.336 e. The molecule has 1 aromatic carbocycles. The summed E-state index contributed by atoms with van der Waals surface area (Å²) in [6.45, 7) is 4.04. The summed E-state index contributed by atoms with van der Waals surface area (Å²) in [4.78, 5) is 11.8. The Morgan fingerprint density at radius 3 is 2.79 bits per heavy atom. The molecule has 1 rings (SSSR count). The lowest BCUT2D eigenvalue weighted by molar-refractivity contribution is 0.0693. The third kappa shape index (κ3) is 2.51. The van der Waals surface area contributed by atoms with Crippen LogP contribution in [0, 0.1) is 6.92 Å². The van der Waals surface area contributed by atoms with Gasteiger partial charge in [0, 0.05) is 4.90 Å². The number of aromatic carboxylic acids is 1. The molecule has 2 nitrogen and oxygen atoms in total. The van der Waals surface area contributed by atoms with Crippen LogP contribution in [-0.2, 0) is 0 Å². The van der Waals surface area contributed by atoms with Crippen molar-refractivity contribution in [3.63, 3.8) is 0 Å². The summed E-state index contributed by atoms with van der Waals surface area (Å²) in [7, 11) is 0. The van der Waals surface area contributed by atoms with Crippen LogP contribution in [0.2, 0.25) is 0 Å². The molecule has 14 heavy (non-hydrogen) atoms. The van der Waals surface area contributed by atoms with Gasteiger partial charge in [-0.15, -0.1) is 11.8 Å². The average molecular weight is 210 g/mol. The summed E-state index contributed by atoms with van der Waals surface area (Å²) in [5, 5.41) is 8.98. The number of carboxylic acids is 1. The fourth-order valence-electron chi connectivity index (χ4n) is 1.22. The highest BCUT2D eigenvalue weighted by atomic mass is 32.2. The van der Waals surface area contributed by atoms with Gasteiger partial charge in [-0.05, 0) is 30.7 Å². The summed E-state index contributed by atoms with van der Waals surface area (Å²) in [6.07, 6.45) is 1.05. The van der Waals surface area contributed by atoms with Crippen LogP contribution in [0.5, 0.6) is 0 Å². The first-order chi connectivity index (χ1) is 6.66. The van der Waals surface area contributed by atoms with Gasteiger partial charge in [-0.3, -0.25) is 0 Å². The largest absolute Gasteiger partial charge is 0.478 e. The van der Waals surface area contributed by atoms with Crippen LogP contribution in [0.15, 0.2) is 23.1 Å². The molecular weight excluding hydrogens is 196 g/mol. The summed E-state index contributed by atoms with van der Waals surface area (Å²) < 4.78 is 0. The average Bonchev–Trinajstić information content (AvgIpc) is 2.15. The third-order valence-corrected chi connectivity index (χ3v) is 3.34. The zero-order valence-electron chi connectivity index (χ0n) is 8.41. The van der Waals surface area contributed by atoms with Crippen molar-refractivity contribution in [1.29, 1.82) is 0 Å². The van der Waals surface area contributed by atoms with Gasteiger partial charge in [-0.25, -0.2) is 4.79 Å². The second-order valence-corrected chi connectivity index (χ2v) is 4.21. The summed E-state index contributed by atoms with van der Waals surface area (Å²) in [5.74, 6) is 0.123. The van der Waals surface area contributed by atoms with Gasteiger partial charge in [0.25, 0.3) is 0 Å². The molecule has 0 bridgehead atoms. The van der Waals surface area contributed by atoms with E-state index in [1.54, 1.807) is 23.9 Å². The Balaban J connectivity index is 3.02. The molecule has 0 unspecified atom stereocenters. The molecule has 0 saturated heterocycles. The second kappa shape index (κ2) is 5.05. The van der Waals surface area contributed by atoms with Gasteiger partial charge in [-0.1, -0.05) is 19.1 Å². The zero-order chi connectivity index (χ0) is 10.6. The molecule has 0 aromatic heterocycles. The molecule has 0 heterocycles. The molecule has 0 fully saturated rings. The molecule has 3 heteroatoms. The highest BCUT2D eigenvalue weighted by Crippen LogP contribution is 2.27. The van der Waals surface area contributed by atoms with Gasteiger partial charge < -0.3 is 5.11 Å². The maximum absolute atomic E-state index is 10.9. The Bertz CT molecular complexity index is 334. The van der Waals surface area contributed by atoms with Gasteiger partial charge in [0.15, 0.2) is 0 Å². The molecule has 0 saturated carbocycles. The van der Waals surface area contributed by atoms with Crippen molar-refractivity contribution < 1.29 is 9.90 Å². The third-order valence-electron chi connectivity index (χ3n) is 1.89. The molecule has 0 aliphatic heterocycles. The predicted molar refractivity (Wildman–Crippen MR) is 59.2 cm³/mol. The molecule has 76 valence electrons. The van der Waals surface area contributed by atoms with Crippen molar-refractivity contribution >= 4 is 17.7 Å². The van der Waals surface area contributed by atoms with Crippen LogP contribution in [0.4, 0.5) is 0 Å². The van der Waals surface area contributed by atoms with Crippen molar-refractivity contribution in [1.82, 2.24) is 0 Å². The number of thioether (sulfide) groups is 1. The SMILES string of the molecule is CCCSc1c(C)cccc1C(=O)O. The Morgan fingerprint density at radius 1 is 1.50 bits per heavy atom. The van der Waals surface area contributed by atoms with E-state index in [9.17, 15) is 4.79 Å². The minimum atomic E-state index is -0.840. The van der Waals surface area contributed by atoms with Gasteiger partial charge in [0.2, 0.25) is 0 Å². The maximum atomic E-state index is 10.9. The number of aryl methyl sites for hydroxylation is 1. The number of hydrogen-bond acceptors (Lipinski definition) is 2. The Morgan fingerprint density at radius 2 is 2.21 bits per heavy atom. The van der Waals surface area contributed by atoms with Crippen molar-refractivity contribution in [2.24, 2.45) is 0 Å². The lowest BCUT2D eigenvalue weighted by Gasteiger charge is -2.07. The topological polar surface area (TPSA) is 37.3 Å². The monoisotopic (exact) mass is 210 g/mol. The van der Waals surface area contributed by atoms with E-state index in [0.29, 0.717) is 5.56 Å². The molecule has 0 spiro atoms. The van der Waals surface area contributed by atoms with Crippen LogP contribution in [0.25, 0.3) is 0 Å². The van der Waals surface area contributed by atoms with E-state index in [2.05, 4.69) is 6.92 Å². The first kappa shape index (κ1) is 11.1. The molecule has 0 aliphatic carbocycles. The van der Waals surface area contributed by atoms with Crippen molar-refractivity contribution in [3.05, 3.63) is 29.3 Å². The van der Waals surface area contributed by atoms with E-state index in [4.69, 9.17) is 5.11 Å². The normalized spacial score (nSPS) is 10.1. The molecule has 0 aliphatic rings. The van der Waals surface area contributed by atoms with Gasteiger partial charge >= 0.3 is 5.97 Å². The summed E-state index contributed by atoms with van der Waals surface area (Å²) in [6, 6.07) is 5.40. The van der Waals surface area contributed by atoms with Crippen LogP contribution in [-0.4, -0.2) is 16.8 Å². The number of benzene rings is 1. The number of rotatable bonds is 4. The van der Waals surface area contributed by atoms with E-state index < -0.39 is 5.97 Å². The maximum Gasteiger partial charge on any atom is 0.336 e. The Kier molecular flexibility index (Phi) is 4.01. The van der Waals surface area contributed by atoms with Crippen molar-refractivity contribution in [2.75, 3.05) is 5.75 Å². The number of carboxylic acid groups (broad SMARTS) is 1. The zero-order valence-corrected chi connectivity index (χ0v) is 9.23. The van der Waals surface area contributed by atoms with Crippen LogP contribution >= 0.6 is 11.8 Å². The second-order valence-electron chi connectivity index (χ2n) is 3.11. The van der Waals surface area contributed by atoms with Crippen LogP contribution in [0.3, 0.4) is 0 Å². The minimum absolute atomic E-state index is 0.420. The van der Waals surface area contributed by atoms with Crippen LogP contribution in [0.1, 0.15) is 29.3 Å². The Hall–Kier alpha value is -0.960. The lowest BCUT2D eigenvalue weighted by Crippen LogP contribution is -2.00. The van der Waals surface area contributed by atoms with E-state index in [0.717, 1.165) is 22.6 Å². The molecule has 0 atom stereocenters. The predicted octanol–water partition coefficient (Wildman–Crippen LogP) is 3.20. The Labute approximate surface area is 88.3 Å². The standard InChI is InChI=1S/C11H14O2S/c1-3-7-14-10-8(2)5-4-6-9(10)11(12)13/h4-6H,3,7H2,1-2H3,(H,12,13). The van der Waals surface area contributed by atoms with E-state index >= 15 is 0 Å². The molecule has 1 N–H and O–H groups in total. The first-order valence-electron chi connectivity index (χ1n) is 4.62. The number of carbonyl (C=O) groups is 1. The van der Waals surface area contributed by atoms with Gasteiger partial charge in [0.05, 0.1) is 5.56 Å². The van der Waals surface area contributed by atoms with Crippen molar-refractivity contribution in [2.45, 2.75) is 25.2 Å². The molecular formula is C11H14O2S. The molecule has 1 aromatic rings. The lowest BCUT2D eigenvalue weighted by atomic mass is 10.1. The summed E-state index contributed by atoms with van der Waals surface area (Å²) >= 11 is 1.62.